The zero-order valence-electron chi connectivity index (χ0n) is 12.0. The fourth-order valence-electron chi connectivity index (χ4n) is 4.16. The van der Waals surface area contributed by atoms with E-state index in [-0.39, 0.29) is 0 Å². The van der Waals surface area contributed by atoms with Gasteiger partial charge in [-0.15, -0.1) is 0 Å². The van der Waals surface area contributed by atoms with Gasteiger partial charge in [0.2, 0.25) is 0 Å². The van der Waals surface area contributed by atoms with Gasteiger partial charge in [0, 0.05) is 5.41 Å². The predicted octanol–water partition coefficient (Wildman–Crippen LogP) is 4.59. The molecule has 0 saturated heterocycles. The number of ether oxygens (including phenoxy) is 1. The molecule has 2 bridgehead atoms. The van der Waals surface area contributed by atoms with Crippen LogP contribution in [0.4, 0.5) is 0 Å². The summed E-state index contributed by atoms with van der Waals surface area (Å²) in [5, 5.41) is 0. The summed E-state index contributed by atoms with van der Waals surface area (Å²) in [6.45, 7) is 9.42. The van der Waals surface area contributed by atoms with Gasteiger partial charge in [0.1, 0.15) is 11.9 Å². The maximum atomic E-state index is 6.33. The Kier molecular flexibility index (Phi) is 2.52. The third-order valence-electron chi connectivity index (χ3n) is 5.98. The minimum Gasteiger partial charge on any atom is -0.490 e. The molecule has 0 radical (unpaired) electrons. The number of fused-ring (bicyclic) bond motifs is 2. The molecule has 2 saturated carbocycles. The summed E-state index contributed by atoms with van der Waals surface area (Å²) in [5.41, 5.74) is 2.06. The first kappa shape index (κ1) is 12.1. The minimum atomic E-state index is 0.349. The first-order valence-electron chi connectivity index (χ1n) is 7.17. The van der Waals surface area contributed by atoms with Crippen molar-refractivity contribution in [1.29, 1.82) is 0 Å². The highest BCUT2D eigenvalue weighted by molar-refractivity contribution is 5.28. The van der Waals surface area contributed by atoms with Gasteiger partial charge in [-0.3, -0.25) is 0 Å². The molecule has 3 rings (SSSR count). The molecule has 3 atom stereocenters. The number of aryl methyl sites for hydroxylation is 1. The van der Waals surface area contributed by atoms with Gasteiger partial charge in [0.15, 0.2) is 0 Å². The molecule has 1 heteroatoms. The lowest BCUT2D eigenvalue weighted by Crippen LogP contribution is -2.38. The van der Waals surface area contributed by atoms with Crippen LogP contribution in [0.25, 0.3) is 0 Å². The van der Waals surface area contributed by atoms with E-state index >= 15 is 0 Å². The van der Waals surface area contributed by atoms with E-state index in [1.54, 1.807) is 0 Å². The zero-order valence-corrected chi connectivity index (χ0v) is 12.0. The van der Waals surface area contributed by atoms with E-state index in [2.05, 4.69) is 52.0 Å². The van der Waals surface area contributed by atoms with Crippen LogP contribution in [-0.2, 0) is 0 Å². The molecule has 2 aliphatic rings. The van der Waals surface area contributed by atoms with Gasteiger partial charge in [0.05, 0.1) is 0 Å². The summed E-state index contributed by atoms with van der Waals surface area (Å²) < 4.78 is 6.33. The number of hydrogen-bond donors (Lipinski definition) is 0. The average Bonchev–Trinajstić information content (AvgIpc) is 2.62. The zero-order chi connectivity index (χ0) is 13.0. The maximum Gasteiger partial charge on any atom is 0.120 e. The van der Waals surface area contributed by atoms with Crippen molar-refractivity contribution in [3.8, 4) is 5.75 Å². The van der Waals surface area contributed by atoms with Crippen LogP contribution < -0.4 is 4.74 Å². The van der Waals surface area contributed by atoms with Crippen LogP contribution in [-0.4, -0.2) is 6.10 Å². The summed E-state index contributed by atoms with van der Waals surface area (Å²) in [6, 6.07) is 8.46. The predicted molar refractivity (Wildman–Crippen MR) is 74.8 cm³/mol. The second-order valence-corrected chi connectivity index (χ2v) is 7.03. The van der Waals surface area contributed by atoms with Crippen LogP contribution in [0.5, 0.6) is 5.75 Å². The highest BCUT2D eigenvalue weighted by Crippen LogP contribution is 2.66. The molecular formula is C17H24O. The Morgan fingerprint density at radius 1 is 1.22 bits per heavy atom. The first-order valence-corrected chi connectivity index (χ1v) is 7.17. The maximum absolute atomic E-state index is 6.33. The largest absolute Gasteiger partial charge is 0.490 e. The van der Waals surface area contributed by atoms with E-state index in [1.807, 2.05) is 0 Å². The van der Waals surface area contributed by atoms with Crippen LogP contribution in [0, 0.1) is 23.7 Å². The molecular weight excluding hydrogens is 220 g/mol. The quantitative estimate of drug-likeness (QED) is 0.739. The van der Waals surface area contributed by atoms with Gasteiger partial charge in [-0.25, -0.2) is 0 Å². The molecule has 2 fully saturated rings. The number of hydrogen-bond acceptors (Lipinski definition) is 1. The molecule has 0 amide bonds. The van der Waals surface area contributed by atoms with Crippen molar-refractivity contribution >= 4 is 0 Å². The lowest BCUT2D eigenvalue weighted by atomic mass is 9.70. The van der Waals surface area contributed by atoms with Crippen molar-refractivity contribution in [1.82, 2.24) is 0 Å². The van der Waals surface area contributed by atoms with Gasteiger partial charge in [-0.05, 0) is 55.2 Å². The lowest BCUT2D eigenvalue weighted by molar-refractivity contribution is 0.0301. The van der Waals surface area contributed by atoms with E-state index in [0.717, 1.165) is 11.7 Å². The fourth-order valence-corrected chi connectivity index (χ4v) is 4.16. The van der Waals surface area contributed by atoms with Gasteiger partial charge in [-0.1, -0.05) is 32.9 Å². The Balaban J connectivity index is 1.84. The molecule has 1 aromatic rings. The van der Waals surface area contributed by atoms with Crippen LogP contribution in [0.3, 0.4) is 0 Å². The number of rotatable bonds is 2. The molecule has 0 heterocycles. The SMILES string of the molecule is Cc1cccc(O[C@@H]2C[C@H]3CC[C@]2(C)C3(C)C)c1. The highest BCUT2D eigenvalue weighted by Gasteiger charge is 2.62. The smallest absolute Gasteiger partial charge is 0.120 e. The molecule has 0 unspecified atom stereocenters. The Bertz CT molecular complexity index is 462. The van der Waals surface area contributed by atoms with E-state index in [0.29, 0.717) is 16.9 Å². The van der Waals surface area contributed by atoms with Crippen molar-refractivity contribution in [3.05, 3.63) is 29.8 Å². The Morgan fingerprint density at radius 3 is 2.56 bits per heavy atom. The van der Waals surface area contributed by atoms with Crippen molar-refractivity contribution < 1.29 is 4.74 Å². The normalized spacial score (nSPS) is 36.9. The molecule has 1 aromatic carbocycles. The monoisotopic (exact) mass is 244 g/mol. The summed E-state index contributed by atoms with van der Waals surface area (Å²) in [7, 11) is 0. The second kappa shape index (κ2) is 3.76. The van der Waals surface area contributed by atoms with Crippen LogP contribution >= 0.6 is 0 Å². The summed E-state index contributed by atoms with van der Waals surface area (Å²) >= 11 is 0. The number of benzene rings is 1. The molecule has 1 nitrogen and oxygen atoms in total. The average molecular weight is 244 g/mol. The first-order chi connectivity index (χ1) is 8.43. The van der Waals surface area contributed by atoms with E-state index in [1.165, 1.54) is 24.8 Å². The Hall–Kier alpha value is -0.980. The van der Waals surface area contributed by atoms with E-state index in [4.69, 9.17) is 4.74 Å². The Morgan fingerprint density at radius 2 is 2.00 bits per heavy atom. The van der Waals surface area contributed by atoms with Crippen molar-refractivity contribution in [2.45, 2.75) is 53.1 Å². The molecule has 98 valence electrons. The van der Waals surface area contributed by atoms with Crippen molar-refractivity contribution in [3.63, 3.8) is 0 Å². The van der Waals surface area contributed by atoms with Crippen LogP contribution in [0.2, 0.25) is 0 Å². The summed E-state index contributed by atoms with van der Waals surface area (Å²) in [6.07, 6.45) is 4.34. The van der Waals surface area contributed by atoms with E-state index < -0.39 is 0 Å². The van der Waals surface area contributed by atoms with Crippen molar-refractivity contribution in [2.75, 3.05) is 0 Å². The van der Waals surface area contributed by atoms with Gasteiger partial charge >= 0.3 is 0 Å². The van der Waals surface area contributed by atoms with Gasteiger partial charge in [0.25, 0.3) is 0 Å². The molecule has 0 spiro atoms. The third kappa shape index (κ3) is 1.52. The van der Waals surface area contributed by atoms with Crippen LogP contribution in [0.15, 0.2) is 24.3 Å². The van der Waals surface area contributed by atoms with Gasteiger partial charge < -0.3 is 4.74 Å². The molecule has 2 aliphatic carbocycles. The molecule has 0 aliphatic heterocycles. The van der Waals surface area contributed by atoms with Crippen LogP contribution in [0.1, 0.15) is 45.6 Å². The Labute approximate surface area is 111 Å². The minimum absolute atomic E-state index is 0.349. The third-order valence-corrected chi connectivity index (χ3v) is 5.98. The standard InChI is InChI=1S/C17H24O/c1-12-6-5-7-14(10-12)18-15-11-13-8-9-17(15,4)16(13,2)3/h5-7,10,13,15H,8-9,11H2,1-4H3/t13-,15-,17+/m1/s1. The molecule has 0 aromatic heterocycles. The van der Waals surface area contributed by atoms with Gasteiger partial charge in [-0.2, -0.15) is 0 Å². The molecule has 18 heavy (non-hydrogen) atoms. The highest BCUT2D eigenvalue weighted by atomic mass is 16.5. The lowest BCUT2D eigenvalue weighted by Gasteiger charge is -2.38. The molecule has 0 N–H and O–H groups in total. The van der Waals surface area contributed by atoms with Crippen molar-refractivity contribution in [2.24, 2.45) is 16.7 Å². The summed E-state index contributed by atoms with van der Waals surface area (Å²) in [5.74, 6) is 1.89. The summed E-state index contributed by atoms with van der Waals surface area (Å²) in [4.78, 5) is 0. The second-order valence-electron chi connectivity index (χ2n) is 7.03. The van der Waals surface area contributed by atoms with E-state index in [9.17, 15) is 0 Å². The fraction of sp³-hybridized carbons (Fsp3) is 0.647. The topological polar surface area (TPSA) is 9.23 Å².